The van der Waals surface area contributed by atoms with Gasteiger partial charge in [-0.2, -0.15) is 5.10 Å². The van der Waals surface area contributed by atoms with E-state index in [1.807, 2.05) is 69.0 Å². The molecule has 1 atom stereocenters. The van der Waals surface area contributed by atoms with Gasteiger partial charge in [-0.1, -0.05) is 35.9 Å². The normalized spacial score (nSPS) is 12.1. The lowest BCUT2D eigenvalue weighted by molar-refractivity contribution is -0.117. The van der Waals surface area contributed by atoms with E-state index in [4.69, 9.17) is 11.6 Å². The van der Waals surface area contributed by atoms with E-state index in [1.54, 1.807) is 23.0 Å². The third-order valence-corrected chi connectivity index (χ3v) is 6.00. The van der Waals surface area contributed by atoms with Crippen LogP contribution in [-0.4, -0.2) is 25.1 Å². The highest BCUT2D eigenvalue weighted by atomic mass is 35.5. The van der Waals surface area contributed by atoms with Gasteiger partial charge in [-0.05, 0) is 42.8 Å². The maximum atomic E-state index is 12.7. The number of hydrogen-bond donors (Lipinski definition) is 1. The van der Waals surface area contributed by atoms with E-state index in [1.165, 1.54) is 0 Å². The van der Waals surface area contributed by atoms with Crippen LogP contribution in [-0.2, 0) is 11.8 Å². The summed E-state index contributed by atoms with van der Waals surface area (Å²) in [5, 5.41) is 7.91. The molecule has 3 aromatic heterocycles. The van der Waals surface area contributed by atoms with Crippen LogP contribution in [0.4, 0.5) is 5.69 Å². The molecule has 6 nitrogen and oxygen atoms in total. The van der Waals surface area contributed by atoms with Gasteiger partial charge in [0.05, 0.1) is 23.3 Å². The number of carbonyl (C=O) groups excluding carboxylic acids is 1. The number of aryl methyl sites for hydroxylation is 1. The highest BCUT2D eigenvalue weighted by Gasteiger charge is 2.16. The maximum Gasteiger partial charge on any atom is 0.231 e. The summed E-state index contributed by atoms with van der Waals surface area (Å²) >= 11 is 5.95. The summed E-state index contributed by atoms with van der Waals surface area (Å²) < 4.78 is 3.85. The van der Waals surface area contributed by atoms with Gasteiger partial charge in [0.1, 0.15) is 0 Å². The zero-order chi connectivity index (χ0) is 22.9. The Bertz CT molecular complexity index is 1430. The first kappa shape index (κ1) is 21.0. The number of benzene rings is 2. The van der Waals surface area contributed by atoms with E-state index in [-0.39, 0.29) is 11.8 Å². The fourth-order valence-corrected chi connectivity index (χ4v) is 3.98. The van der Waals surface area contributed by atoms with E-state index in [9.17, 15) is 4.79 Å². The van der Waals surface area contributed by atoms with Gasteiger partial charge in [0, 0.05) is 59.2 Å². The molecule has 0 saturated heterocycles. The lowest BCUT2D eigenvalue weighted by atomic mass is 10.0. The van der Waals surface area contributed by atoms with Crippen molar-refractivity contribution in [1.29, 1.82) is 0 Å². The number of aromatic nitrogens is 4. The van der Waals surface area contributed by atoms with Crippen LogP contribution in [0.25, 0.3) is 27.9 Å². The van der Waals surface area contributed by atoms with E-state index >= 15 is 0 Å². The first-order chi connectivity index (χ1) is 16.0. The number of fused-ring (bicyclic) bond motifs is 1. The molecule has 0 fully saturated rings. The second kappa shape index (κ2) is 8.56. The molecule has 0 aliphatic rings. The second-order valence-electron chi connectivity index (χ2n) is 8.04. The van der Waals surface area contributed by atoms with Crippen LogP contribution < -0.4 is 5.32 Å². The van der Waals surface area contributed by atoms with Gasteiger partial charge in [0.25, 0.3) is 0 Å². The smallest absolute Gasteiger partial charge is 0.231 e. The Morgan fingerprint density at radius 3 is 2.45 bits per heavy atom. The minimum absolute atomic E-state index is 0.0713. The molecular formula is C26H22ClN5O. The summed E-state index contributed by atoms with van der Waals surface area (Å²) in [6.45, 7) is 1.88. The van der Waals surface area contributed by atoms with Gasteiger partial charge >= 0.3 is 0 Å². The van der Waals surface area contributed by atoms with Crippen LogP contribution in [0.2, 0.25) is 5.02 Å². The van der Waals surface area contributed by atoms with Gasteiger partial charge < -0.3 is 9.72 Å². The Balaban J connectivity index is 1.37. The van der Waals surface area contributed by atoms with E-state index in [0.717, 1.165) is 39.2 Å². The highest BCUT2D eigenvalue weighted by molar-refractivity contribution is 6.30. The van der Waals surface area contributed by atoms with Gasteiger partial charge in [0.15, 0.2) is 0 Å². The van der Waals surface area contributed by atoms with Gasteiger partial charge in [-0.15, -0.1) is 0 Å². The maximum absolute atomic E-state index is 12.7. The van der Waals surface area contributed by atoms with E-state index in [2.05, 4.69) is 32.1 Å². The molecule has 33 heavy (non-hydrogen) atoms. The van der Waals surface area contributed by atoms with Crippen molar-refractivity contribution in [2.24, 2.45) is 7.05 Å². The van der Waals surface area contributed by atoms with Crippen molar-refractivity contribution in [1.82, 2.24) is 19.2 Å². The standard InChI is InChI=1S/C26H22ClN5O/c1-17(18-3-7-22(27)8-4-18)26(33)30-23-9-5-19(6-10-23)25-24-13-20(16-32(24)12-11-28-25)21-14-29-31(2)15-21/h3-17H,1-2H3,(H,30,33). The summed E-state index contributed by atoms with van der Waals surface area (Å²) in [7, 11) is 1.91. The van der Waals surface area contributed by atoms with Crippen LogP contribution in [0.5, 0.6) is 0 Å². The third kappa shape index (κ3) is 4.25. The first-order valence-electron chi connectivity index (χ1n) is 10.6. The van der Waals surface area contributed by atoms with E-state index in [0.29, 0.717) is 5.02 Å². The topological polar surface area (TPSA) is 64.2 Å². The average molecular weight is 456 g/mol. The van der Waals surface area contributed by atoms with Crippen LogP contribution >= 0.6 is 11.6 Å². The van der Waals surface area contributed by atoms with E-state index < -0.39 is 0 Å². The number of nitrogens with one attached hydrogen (secondary N) is 1. The number of rotatable bonds is 5. The van der Waals surface area contributed by atoms with Crippen molar-refractivity contribution in [3.63, 3.8) is 0 Å². The molecule has 1 unspecified atom stereocenters. The van der Waals surface area contributed by atoms with Crippen molar-refractivity contribution in [3.05, 3.63) is 96.2 Å². The number of nitrogens with zero attached hydrogens (tertiary/aromatic N) is 4. The van der Waals surface area contributed by atoms with Gasteiger partial charge in [-0.3, -0.25) is 14.5 Å². The molecule has 5 aromatic rings. The molecule has 3 heterocycles. The van der Waals surface area contributed by atoms with Crippen molar-refractivity contribution in [2.75, 3.05) is 5.32 Å². The zero-order valence-corrected chi connectivity index (χ0v) is 19.0. The minimum Gasteiger partial charge on any atom is -0.326 e. The SMILES string of the molecule is CC(C(=O)Nc1ccc(-c2nccn3cc(-c4cnn(C)c4)cc23)cc1)c1ccc(Cl)cc1. The summed E-state index contributed by atoms with van der Waals surface area (Å²) in [5.74, 6) is -0.359. The monoisotopic (exact) mass is 455 g/mol. The lowest BCUT2D eigenvalue weighted by Crippen LogP contribution is -2.18. The Kier molecular flexibility index (Phi) is 5.44. The molecule has 1 N–H and O–H groups in total. The molecule has 0 aliphatic heterocycles. The molecule has 7 heteroatoms. The Hall–Kier alpha value is -3.90. The molecule has 0 spiro atoms. The number of anilines is 1. The quantitative estimate of drug-likeness (QED) is 0.364. The van der Waals surface area contributed by atoms with Gasteiger partial charge in [0.2, 0.25) is 5.91 Å². The number of carbonyl (C=O) groups is 1. The highest BCUT2D eigenvalue weighted by Crippen LogP contribution is 2.29. The van der Waals surface area contributed by atoms with Gasteiger partial charge in [-0.25, -0.2) is 0 Å². The summed E-state index contributed by atoms with van der Waals surface area (Å²) in [6.07, 6.45) is 9.64. The number of amides is 1. The largest absolute Gasteiger partial charge is 0.326 e. The van der Waals surface area contributed by atoms with Crippen LogP contribution in [0.15, 0.2) is 85.6 Å². The molecule has 0 bridgehead atoms. The van der Waals surface area contributed by atoms with Crippen LogP contribution in [0.1, 0.15) is 18.4 Å². The molecular weight excluding hydrogens is 434 g/mol. The summed E-state index contributed by atoms with van der Waals surface area (Å²) in [4.78, 5) is 17.3. The third-order valence-electron chi connectivity index (χ3n) is 5.75. The molecule has 0 radical (unpaired) electrons. The first-order valence-corrected chi connectivity index (χ1v) is 11.0. The number of halogens is 1. The van der Waals surface area contributed by atoms with Crippen molar-refractivity contribution in [3.8, 4) is 22.4 Å². The molecule has 5 rings (SSSR count). The lowest BCUT2D eigenvalue weighted by Gasteiger charge is -2.13. The molecule has 0 saturated carbocycles. The fraction of sp³-hybridized carbons (Fsp3) is 0.115. The predicted molar refractivity (Wildman–Crippen MR) is 131 cm³/mol. The number of hydrogen-bond acceptors (Lipinski definition) is 3. The predicted octanol–water partition coefficient (Wildman–Crippen LogP) is 5.80. The molecule has 2 aromatic carbocycles. The van der Waals surface area contributed by atoms with Crippen LogP contribution in [0, 0.1) is 0 Å². The minimum atomic E-state index is -0.288. The fourth-order valence-electron chi connectivity index (χ4n) is 3.85. The van der Waals surface area contributed by atoms with Crippen LogP contribution in [0.3, 0.4) is 0 Å². The van der Waals surface area contributed by atoms with Crippen molar-refractivity contribution < 1.29 is 4.79 Å². The Labute approximate surface area is 196 Å². The van der Waals surface area contributed by atoms with Crippen molar-refractivity contribution in [2.45, 2.75) is 12.8 Å². The molecule has 1 amide bonds. The zero-order valence-electron chi connectivity index (χ0n) is 18.2. The molecule has 164 valence electrons. The summed E-state index contributed by atoms with van der Waals surface area (Å²) in [5.41, 5.74) is 6.65. The van der Waals surface area contributed by atoms with Crippen molar-refractivity contribution >= 4 is 28.7 Å². The Morgan fingerprint density at radius 2 is 1.76 bits per heavy atom. The molecule has 0 aliphatic carbocycles. The second-order valence-corrected chi connectivity index (χ2v) is 8.48. The Morgan fingerprint density at radius 1 is 1.00 bits per heavy atom. The average Bonchev–Trinajstić information content (AvgIpc) is 3.45. The summed E-state index contributed by atoms with van der Waals surface area (Å²) in [6, 6.07) is 17.2.